The zero-order valence-corrected chi connectivity index (χ0v) is 37.2. The van der Waals surface area contributed by atoms with Crippen LogP contribution in [0.2, 0.25) is 13.1 Å². The third-order valence-electron chi connectivity index (χ3n) is 12.0. The van der Waals surface area contributed by atoms with E-state index in [1.165, 1.54) is 77.9 Å². The van der Waals surface area contributed by atoms with Crippen molar-refractivity contribution in [3.63, 3.8) is 0 Å². The number of hydrogen-bond donors (Lipinski definition) is 0. The summed E-state index contributed by atoms with van der Waals surface area (Å²) in [5.41, 5.74) is 19.4. The Labute approximate surface area is 312 Å². The number of aryl methyl sites for hydroxylation is 2. The van der Waals surface area contributed by atoms with E-state index in [0.717, 1.165) is 25.7 Å². The number of halogens is 2. The molecule has 4 aromatic rings. The molecule has 6 rings (SSSR count). The van der Waals surface area contributed by atoms with E-state index in [-0.39, 0.29) is 7.25 Å². The molecule has 0 bridgehead atoms. The molecule has 0 spiro atoms. The topological polar surface area (TPSA) is 0 Å². The third-order valence-corrected chi connectivity index (χ3v) is 63.8. The molecule has 0 amide bonds. The van der Waals surface area contributed by atoms with Crippen molar-refractivity contribution in [2.45, 2.75) is 113 Å². The van der Waals surface area contributed by atoms with Gasteiger partial charge < -0.3 is 0 Å². The van der Waals surface area contributed by atoms with Gasteiger partial charge in [0.05, 0.1) is 0 Å². The first kappa shape index (κ1) is 37.8. The fraction of sp³-hybridized carbons (Fsp3) is 0.391. The fourth-order valence-electron chi connectivity index (χ4n) is 9.56. The molecule has 2 unspecified atom stereocenters. The van der Waals surface area contributed by atoms with Gasteiger partial charge in [-0.2, -0.15) is 0 Å². The molecule has 0 aromatic heterocycles. The molecule has 4 heteroatoms. The summed E-state index contributed by atoms with van der Waals surface area (Å²) in [6.45, 7) is 23.4. The molecule has 2 aliphatic rings. The summed E-state index contributed by atoms with van der Waals surface area (Å²) in [6.07, 6.45) is 9.33. The maximum absolute atomic E-state index is 8.85. The summed E-state index contributed by atoms with van der Waals surface area (Å²) in [5.74, 6) is -0.799. The van der Waals surface area contributed by atoms with Crippen LogP contribution in [0, 0.1) is 13.8 Å². The van der Waals surface area contributed by atoms with Gasteiger partial charge in [0, 0.05) is 0 Å². The number of benzene rings is 4. The summed E-state index contributed by atoms with van der Waals surface area (Å²) < 4.78 is 0.215. The molecule has 4 aromatic carbocycles. The van der Waals surface area contributed by atoms with Gasteiger partial charge in [-0.15, -0.1) is 0 Å². The molecule has 0 saturated carbocycles. The second kappa shape index (κ2) is 14.5. The van der Waals surface area contributed by atoms with Gasteiger partial charge in [-0.1, -0.05) is 0 Å². The predicted molar refractivity (Wildman–Crippen MR) is 223 cm³/mol. The number of fused-ring (bicyclic) bond motifs is 2. The molecule has 263 valence electrons. The molecule has 2 atom stereocenters. The quantitative estimate of drug-likeness (QED) is 0.133. The Morgan fingerprint density at radius 1 is 0.600 bits per heavy atom. The Kier molecular flexibility index (Phi) is 10.9. The van der Waals surface area contributed by atoms with E-state index < -0.39 is 21.5 Å². The standard InChI is InChI=1S/2C22H25.C2H7Si.2ClH.Zr/c2*1-5-8-17-13-18-12-11-16(4)22(21(18)14-17)20-10-7-6-9-19(20)15(2)3;1-3-2;;;/h2*6-7,9-15H,5,8H2,1-4H3;3H,1-2H3;2*1H;/q;;;;;+2/p-2. The minimum absolute atomic E-state index is 0.107. The third kappa shape index (κ3) is 6.07. The van der Waals surface area contributed by atoms with Crippen molar-refractivity contribution in [3.8, 4) is 22.3 Å². The van der Waals surface area contributed by atoms with Crippen LogP contribution in [0.5, 0.6) is 0 Å². The number of hydrogen-bond acceptors (Lipinski definition) is 0. The van der Waals surface area contributed by atoms with Crippen LogP contribution in [-0.4, -0.2) is 5.92 Å². The SMILES string of the molecule is CCCC1=Cc2c(ccc(C)c2-c2ccccc2C(C)C)[CH]1[Zr]([Cl])([Cl])([CH]1C(CCC)=Cc2c1ccc(C)c2-c1ccccc1C(C)C)[SiH](C)C. The van der Waals surface area contributed by atoms with Crippen molar-refractivity contribution in [2.24, 2.45) is 0 Å². The zero-order valence-electron chi connectivity index (χ0n) is 32.1. The molecule has 0 aliphatic heterocycles. The van der Waals surface area contributed by atoms with Crippen LogP contribution in [-0.2, 0) is 15.6 Å². The van der Waals surface area contributed by atoms with Crippen molar-refractivity contribution in [2.75, 3.05) is 0 Å². The van der Waals surface area contributed by atoms with E-state index in [2.05, 4.69) is 153 Å². The molecule has 0 nitrogen and oxygen atoms in total. The summed E-state index contributed by atoms with van der Waals surface area (Å²) in [6, 6.07) is 27.6. The second-order valence-corrected chi connectivity index (χ2v) is 58.7. The van der Waals surface area contributed by atoms with E-state index in [4.69, 9.17) is 17.0 Å². The first-order valence-electron chi connectivity index (χ1n) is 19.2. The van der Waals surface area contributed by atoms with Gasteiger partial charge in [-0.25, -0.2) is 0 Å². The van der Waals surface area contributed by atoms with Crippen LogP contribution in [0.3, 0.4) is 0 Å². The van der Waals surface area contributed by atoms with Gasteiger partial charge in [0.2, 0.25) is 0 Å². The normalized spacial score (nSPS) is 17.9. The van der Waals surface area contributed by atoms with Gasteiger partial charge in [-0.05, 0) is 0 Å². The van der Waals surface area contributed by atoms with E-state index in [1.807, 2.05) is 0 Å². The molecule has 0 saturated heterocycles. The van der Waals surface area contributed by atoms with Gasteiger partial charge in [-0.3, -0.25) is 0 Å². The first-order chi connectivity index (χ1) is 23.8. The Morgan fingerprint density at radius 3 is 1.32 bits per heavy atom. The van der Waals surface area contributed by atoms with Gasteiger partial charge in [0.1, 0.15) is 0 Å². The van der Waals surface area contributed by atoms with Crippen LogP contribution < -0.4 is 0 Å². The van der Waals surface area contributed by atoms with Crippen molar-refractivity contribution in [3.05, 3.63) is 128 Å². The van der Waals surface area contributed by atoms with Crippen molar-refractivity contribution < 1.29 is 15.6 Å². The van der Waals surface area contributed by atoms with Crippen LogP contribution >= 0.6 is 17.0 Å². The van der Waals surface area contributed by atoms with Gasteiger partial charge in [0.15, 0.2) is 0 Å². The number of allylic oxidation sites excluding steroid dienone is 2. The van der Waals surface area contributed by atoms with Crippen LogP contribution in [0.15, 0.2) is 83.9 Å². The molecule has 0 radical (unpaired) electrons. The van der Waals surface area contributed by atoms with Crippen molar-refractivity contribution >= 4 is 35.1 Å². The van der Waals surface area contributed by atoms with E-state index >= 15 is 0 Å². The predicted octanol–water partition coefficient (Wildman–Crippen LogP) is 15.0. The van der Waals surface area contributed by atoms with Crippen LogP contribution in [0.25, 0.3) is 34.4 Å². The summed E-state index contributed by atoms with van der Waals surface area (Å²) >= 11 is -4.90. The molecule has 0 fully saturated rings. The zero-order chi connectivity index (χ0) is 36.1. The van der Waals surface area contributed by atoms with Crippen molar-refractivity contribution in [1.82, 2.24) is 0 Å². The van der Waals surface area contributed by atoms with E-state index in [9.17, 15) is 0 Å². The van der Waals surface area contributed by atoms with Gasteiger partial charge >= 0.3 is 315 Å². The average Bonchev–Trinajstić information content (AvgIpc) is 3.64. The molecular weight excluding hydrogens is 743 g/mol. The van der Waals surface area contributed by atoms with Crippen molar-refractivity contribution in [1.29, 1.82) is 0 Å². The molecule has 50 heavy (non-hydrogen) atoms. The Bertz CT molecular complexity index is 1860. The molecule has 0 heterocycles. The monoisotopic (exact) mass is 797 g/mol. The Hall–Kier alpha value is -1.96. The van der Waals surface area contributed by atoms with Crippen LogP contribution in [0.4, 0.5) is 0 Å². The summed E-state index contributed by atoms with van der Waals surface area (Å²) in [4.78, 5) is 0. The Balaban J connectivity index is 1.65. The second-order valence-electron chi connectivity index (χ2n) is 16.2. The average molecular weight is 800 g/mol. The van der Waals surface area contributed by atoms with Crippen LogP contribution in [0.1, 0.15) is 131 Å². The van der Waals surface area contributed by atoms with E-state index in [0.29, 0.717) is 11.8 Å². The molecular formula is C46H57Cl2SiZr. The fourth-order valence-corrected chi connectivity index (χ4v) is 41.1. The minimum atomic E-state index is -4.90. The molecule has 0 N–H and O–H groups in total. The summed E-state index contributed by atoms with van der Waals surface area (Å²) in [5, 5.41) is 0. The number of rotatable bonds is 11. The first-order valence-corrected chi connectivity index (χ1v) is 35.5. The Morgan fingerprint density at radius 2 is 0.980 bits per heavy atom. The molecule has 2 aliphatic carbocycles. The van der Waals surface area contributed by atoms with E-state index in [1.54, 1.807) is 0 Å². The maximum atomic E-state index is 8.85. The van der Waals surface area contributed by atoms with Gasteiger partial charge in [0.25, 0.3) is 0 Å². The summed E-state index contributed by atoms with van der Waals surface area (Å²) in [7, 11) is 17.7.